The van der Waals surface area contributed by atoms with Gasteiger partial charge in [0.15, 0.2) is 5.65 Å². The van der Waals surface area contributed by atoms with Crippen molar-refractivity contribution in [1.82, 2.24) is 24.3 Å². The van der Waals surface area contributed by atoms with Crippen LogP contribution in [0.25, 0.3) is 11.0 Å². The summed E-state index contributed by atoms with van der Waals surface area (Å²) in [4.78, 5) is 51.1. The van der Waals surface area contributed by atoms with Gasteiger partial charge in [-0.05, 0) is 44.2 Å². The van der Waals surface area contributed by atoms with Crippen LogP contribution < -0.4 is 10.6 Å². The molecule has 0 saturated carbocycles. The van der Waals surface area contributed by atoms with E-state index in [4.69, 9.17) is 11.0 Å². The Morgan fingerprint density at radius 3 is 2.72 bits per heavy atom. The summed E-state index contributed by atoms with van der Waals surface area (Å²) in [6.07, 6.45) is 5.18. The molecule has 0 aromatic carbocycles. The van der Waals surface area contributed by atoms with Gasteiger partial charge in [-0.15, -0.1) is 0 Å². The van der Waals surface area contributed by atoms with Gasteiger partial charge in [-0.25, -0.2) is 19.6 Å². The molecule has 3 heterocycles. The van der Waals surface area contributed by atoms with E-state index in [1.807, 2.05) is 18.0 Å². The number of nitrogens with two attached hydrogens (primary N) is 1. The number of aromatic nitrogens is 3. The summed E-state index contributed by atoms with van der Waals surface area (Å²) in [6.45, 7) is 3.66. The summed E-state index contributed by atoms with van der Waals surface area (Å²) < 4.78 is 1.33. The number of hydrogen-bond donors (Lipinski definition) is 2. The second-order valence-corrected chi connectivity index (χ2v) is 9.27. The van der Waals surface area contributed by atoms with Gasteiger partial charge in [-0.3, -0.25) is 9.36 Å². The number of aliphatic carboxylic acids is 1. The number of nitriles is 1. The molecule has 0 unspecified atom stereocenters. The number of fused-ring (bicyclic) bond motifs is 1. The van der Waals surface area contributed by atoms with Gasteiger partial charge >= 0.3 is 12.0 Å². The fraction of sp³-hybridized carbons (Fsp3) is 0.583. The maximum Gasteiger partial charge on any atom is 0.330 e. The van der Waals surface area contributed by atoms with E-state index in [0.717, 1.165) is 6.42 Å². The predicted octanol–water partition coefficient (Wildman–Crippen LogP) is 1.50. The van der Waals surface area contributed by atoms with Crippen LogP contribution in [-0.2, 0) is 9.59 Å². The molecular weight excluding hydrogens is 464 g/mol. The van der Waals surface area contributed by atoms with E-state index in [1.165, 1.54) is 22.8 Å². The molecule has 3 rings (SSSR count). The SMILES string of the molecule is C[C@@H]1CCN(C(=O)CC#N)C[C@@H]1N(C)c1ncnc2c1ccn2C(=O)N(C)[C@@H](CCCCN)C(=O)O. The number of carboxylic acid groups (broad SMARTS) is 1. The molecule has 3 atom stereocenters. The molecule has 36 heavy (non-hydrogen) atoms. The van der Waals surface area contributed by atoms with Crippen LogP contribution in [0.5, 0.6) is 0 Å². The third-order valence-corrected chi connectivity index (χ3v) is 6.99. The van der Waals surface area contributed by atoms with E-state index in [-0.39, 0.29) is 24.3 Å². The Bertz CT molecular complexity index is 1140. The molecular formula is C24H34N8O4. The Balaban J connectivity index is 1.87. The van der Waals surface area contributed by atoms with E-state index in [9.17, 15) is 19.5 Å². The van der Waals surface area contributed by atoms with Crippen molar-refractivity contribution in [3.05, 3.63) is 18.6 Å². The van der Waals surface area contributed by atoms with E-state index in [0.29, 0.717) is 55.7 Å². The lowest BCUT2D eigenvalue weighted by atomic mass is 9.92. The van der Waals surface area contributed by atoms with Crippen LogP contribution in [0.15, 0.2) is 18.6 Å². The molecule has 3 N–H and O–H groups in total. The lowest BCUT2D eigenvalue weighted by molar-refractivity contribution is -0.142. The maximum absolute atomic E-state index is 13.3. The smallest absolute Gasteiger partial charge is 0.330 e. The fourth-order valence-electron chi connectivity index (χ4n) is 4.76. The number of carbonyl (C=O) groups is 3. The predicted molar refractivity (Wildman–Crippen MR) is 133 cm³/mol. The number of likely N-dealkylation sites (N-methyl/N-ethyl adjacent to an activating group) is 2. The highest BCUT2D eigenvalue weighted by atomic mass is 16.4. The average molecular weight is 499 g/mol. The third-order valence-electron chi connectivity index (χ3n) is 6.99. The number of hydrogen-bond acceptors (Lipinski definition) is 8. The van der Waals surface area contributed by atoms with Crippen LogP contribution in [0, 0.1) is 17.2 Å². The van der Waals surface area contributed by atoms with Gasteiger partial charge in [0.25, 0.3) is 0 Å². The number of nitrogens with zero attached hydrogens (tertiary/aromatic N) is 7. The lowest BCUT2D eigenvalue weighted by Gasteiger charge is -2.42. The van der Waals surface area contributed by atoms with Crippen molar-refractivity contribution < 1.29 is 19.5 Å². The number of unbranched alkanes of at least 4 members (excludes halogenated alkanes) is 1. The topological polar surface area (TPSA) is 162 Å². The Morgan fingerprint density at radius 1 is 1.31 bits per heavy atom. The highest BCUT2D eigenvalue weighted by Crippen LogP contribution is 2.30. The molecule has 0 bridgehead atoms. The Labute approximate surface area is 210 Å². The van der Waals surface area contributed by atoms with Crippen LogP contribution in [0.4, 0.5) is 10.6 Å². The van der Waals surface area contributed by atoms with Crippen molar-refractivity contribution in [3.8, 4) is 6.07 Å². The lowest BCUT2D eigenvalue weighted by Crippen LogP contribution is -2.52. The molecule has 0 radical (unpaired) electrons. The van der Waals surface area contributed by atoms with Crippen LogP contribution >= 0.6 is 0 Å². The molecule has 2 aromatic heterocycles. The Kier molecular flexibility index (Phi) is 8.82. The minimum Gasteiger partial charge on any atom is -0.480 e. The van der Waals surface area contributed by atoms with Crippen molar-refractivity contribution in [2.24, 2.45) is 11.7 Å². The van der Waals surface area contributed by atoms with Gasteiger partial charge in [0.05, 0.1) is 17.5 Å². The molecule has 1 aliphatic rings. The zero-order valence-corrected chi connectivity index (χ0v) is 21.0. The first-order valence-electron chi connectivity index (χ1n) is 12.1. The summed E-state index contributed by atoms with van der Waals surface area (Å²) in [6, 6.07) is 2.13. The summed E-state index contributed by atoms with van der Waals surface area (Å²) in [5.41, 5.74) is 5.89. The highest BCUT2D eigenvalue weighted by molar-refractivity contribution is 5.95. The maximum atomic E-state index is 13.3. The van der Waals surface area contributed by atoms with Crippen molar-refractivity contribution in [1.29, 1.82) is 5.26 Å². The van der Waals surface area contributed by atoms with Gasteiger partial charge in [-0.1, -0.05) is 6.92 Å². The van der Waals surface area contributed by atoms with Crippen molar-refractivity contribution in [3.63, 3.8) is 0 Å². The zero-order chi connectivity index (χ0) is 26.4. The summed E-state index contributed by atoms with van der Waals surface area (Å²) in [7, 11) is 3.37. The van der Waals surface area contributed by atoms with Gasteiger partial charge in [0.2, 0.25) is 5.91 Å². The molecule has 1 saturated heterocycles. The van der Waals surface area contributed by atoms with Crippen molar-refractivity contribution >= 4 is 34.8 Å². The molecule has 1 aliphatic heterocycles. The third kappa shape index (κ3) is 5.57. The Hall–Kier alpha value is -3.72. The second kappa shape index (κ2) is 11.8. The van der Waals surface area contributed by atoms with Crippen LogP contribution in [-0.4, -0.2) is 93.2 Å². The molecule has 12 nitrogen and oxygen atoms in total. The van der Waals surface area contributed by atoms with Crippen molar-refractivity contribution in [2.45, 2.75) is 51.1 Å². The zero-order valence-electron chi connectivity index (χ0n) is 21.0. The standard InChI is InChI=1S/C24H34N8O4/c1-16-8-12-31(20(33)7-11-26)14-19(16)29(2)21-17-9-13-32(22(17)28-15-27-21)24(36)30(3)18(23(34)35)6-4-5-10-25/h9,13,15-16,18-19H,4-8,10,12,14,25H2,1-3H3,(H,34,35)/t16-,18+,19+/m1/s1. The normalized spacial score (nSPS) is 18.5. The van der Waals surface area contributed by atoms with Gasteiger partial charge in [-0.2, -0.15) is 5.26 Å². The molecule has 2 amide bonds. The monoisotopic (exact) mass is 498 g/mol. The number of amides is 2. The van der Waals surface area contributed by atoms with Crippen LogP contribution in [0.1, 0.15) is 39.0 Å². The number of carbonyl (C=O) groups excluding carboxylic acids is 2. The van der Waals surface area contributed by atoms with E-state index in [1.54, 1.807) is 17.2 Å². The summed E-state index contributed by atoms with van der Waals surface area (Å²) in [5, 5.41) is 19.2. The van der Waals surface area contributed by atoms with Crippen LogP contribution in [0.2, 0.25) is 0 Å². The number of piperidine rings is 1. The highest BCUT2D eigenvalue weighted by Gasteiger charge is 2.33. The number of rotatable bonds is 9. The van der Waals surface area contributed by atoms with Gasteiger partial charge < -0.3 is 25.5 Å². The second-order valence-electron chi connectivity index (χ2n) is 9.27. The van der Waals surface area contributed by atoms with Crippen molar-refractivity contribution in [2.75, 3.05) is 38.6 Å². The Morgan fingerprint density at radius 2 is 2.06 bits per heavy atom. The summed E-state index contributed by atoms with van der Waals surface area (Å²) in [5.74, 6) is -0.379. The van der Waals surface area contributed by atoms with Gasteiger partial charge in [0.1, 0.15) is 24.6 Å². The number of anilines is 1. The van der Waals surface area contributed by atoms with Gasteiger partial charge in [0, 0.05) is 33.4 Å². The quantitative estimate of drug-likeness (QED) is 0.488. The molecule has 2 aromatic rings. The average Bonchev–Trinajstić information content (AvgIpc) is 3.30. The van der Waals surface area contributed by atoms with E-state index in [2.05, 4.69) is 16.9 Å². The molecule has 194 valence electrons. The minimum atomic E-state index is -1.07. The molecule has 12 heteroatoms. The molecule has 1 fully saturated rings. The summed E-state index contributed by atoms with van der Waals surface area (Å²) >= 11 is 0. The number of likely N-dealkylation sites (tertiary alicyclic amines) is 1. The first-order chi connectivity index (χ1) is 17.2. The van der Waals surface area contributed by atoms with Crippen LogP contribution in [0.3, 0.4) is 0 Å². The largest absolute Gasteiger partial charge is 0.480 e. The number of carboxylic acids is 1. The fourth-order valence-corrected chi connectivity index (χ4v) is 4.76. The molecule has 0 aliphatic carbocycles. The van der Waals surface area contributed by atoms with E-state index >= 15 is 0 Å². The first-order valence-corrected chi connectivity index (χ1v) is 12.1. The first kappa shape index (κ1) is 26.9. The minimum absolute atomic E-state index is 0.0415. The molecule has 0 spiro atoms. The van der Waals surface area contributed by atoms with E-state index < -0.39 is 18.0 Å².